The Kier molecular flexibility index (Phi) is 6.03. The molecule has 4 aromatic rings. The smallest absolute Gasteiger partial charge is 0.263 e. The fourth-order valence-electron chi connectivity index (χ4n) is 2.73. The Labute approximate surface area is 188 Å². The molecule has 0 spiro atoms. The number of nitrogens with one attached hydrogen (secondary N) is 1. The molecule has 0 aliphatic heterocycles. The number of ketones is 1. The van der Waals surface area contributed by atoms with Crippen LogP contribution in [0.4, 0.5) is 5.13 Å². The van der Waals surface area contributed by atoms with Gasteiger partial charge in [0.05, 0.1) is 10.5 Å². The van der Waals surface area contributed by atoms with E-state index in [0.29, 0.717) is 10.6 Å². The summed E-state index contributed by atoms with van der Waals surface area (Å²) >= 11 is 7.26. The molecule has 0 unspecified atom stereocenters. The van der Waals surface area contributed by atoms with Gasteiger partial charge in [0.1, 0.15) is 11.5 Å². The number of carbonyl (C=O) groups is 1. The molecule has 0 aliphatic rings. The van der Waals surface area contributed by atoms with Crippen LogP contribution in [0.3, 0.4) is 0 Å². The molecule has 4 rings (SSSR count). The van der Waals surface area contributed by atoms with Crippen molar-refractivity contribution in [2.24, 2.45) is 0 Å². The number of anilines is 1. The van der Waals surface area contributed by atoms with Gasteiger partial charge in [0.15, 0.2) is 10.9 Å². The van der Waals surface area contributed by atoms with Gasteiger partial charge < -0.3 is 4.74 Å². The summed E-state index contributed by atoms with van der Waals surface area (Å²) in [6.07, 6.45) is 1.50. The van der Waals surface area contributed by atoms with E-state index in [2.05, 4.69) is 15.8 Å². The van der Waals surface area contributed by atoms with Crippen molar-refractivity contribution in [3.05, 3.63) is 101 Å². The molecular weight excluding hydrogens is 456 g/mol. The molecule has 0 bridgehead atoms. The third-order valence-corrected chi connectivity index (χ3v) is 6.54. The Hall–Kier alpha value is -3.20. The van der Waals surface area contributed by atoms with Crippen molar-refractivity contribution >= 4 is 43.9 Å². The third kappa shape index (κ3) is 4.93. The van der Waals surface area contributed by atoms with Gasteiger partial charge in [-0.05, 0) is 30.3 Å². The summed E-state index contributed by atoms with van der Waals surface area (Å²) in [6, 6.07) is 20.3. The monoisotopic (exact) mass is 469 g/mol. The molecule has 1 aromatic heterocycles. The quantitative estimate of drug-likeness (QED) is 0.365. The number of carbonyl (C=O) groups excluding carboxylic acids is 1. The normalized spacial score (nSPS) is 11.1. The van der Waals surface area contributed by atoms with E-state index in [9.17, 15) is 13.2 Å². The van der Waals surface area contributed by atoms with Crippen LogP contribution < -0.4 is 9.46 Å². The molecule has 0 saturated carbocycles. The summed E-state index contributed by atoms with van der Waals surface area (Å²) in [6.45, 7) is 0. The number of halogens is 1. The number of nitrogens with zero attached hydrogens (tertiary/aromatic N) is 1. The highest BCUT2D eigenvalue weighted by atomic mass is 35.5. The van der Waals surface area contributed by atoms with Crippen LogP contribution in [0.15, 0.2) is 83.2 Å². The minimum Gasteiger partial charge on any atom is -0.456 e. The molecule has 1 N–H and O–H groups in total. The maximum Gasteiger partial charge on any atom is 0.263 e. The predicted molar refractivity (Wildman–Crippen MR) is 120 cm³/mol. The molecular formula is C22H14ClN2O4S2. The number of hydrogen-bond acceptors (Lipinski definition) is 6. The van der Waals surface area contributed by atoms with Gasteiger partial charge in [0.2, 0.25) is 0 Å². The van der Waals surface area contributed by atoms with Gasteiger partial charge in [-0.1, -0.05) is 41.9 Å². The predicted octanol–water partition coefficient (Wildman–Crippen LogP) is 5.42. The van der Waals surface area contributed by atoms with Crippen LogP contribution in [0, 0.1) is 6.07 Å². The van der Waals surface area contributed by atoms with E-state index >= 15 is 0 Å². The van der Waals surface area contributed by atoms with Gasteiger partial charge in [-0.2, -0.15) is 0 Å². The van der Waals surface area contributed by atoms with Gasteiger partial charge in [0.25, 0.3) is 10.0 Å². The first-order valence-electron chi connectivity index (χ1n) is 8.93. The maximum absolute atomic E-state index is 13.0. The van der Waals surface area contributed by atoms with E-state index in [1.807, 2.05) is 6.07 Å². The van der Waals surface area contributed by atoms with Crippen LogP contribution in [-0.4, -0.2) is 19.2 Å². The highest BCUT2D eigenvalue weighted by Crippen LogP contribution is 2.31. The van der Waals surface area contributed by atoms with Crippen molar-refractivity contribution in [1.82, 2.24) is 4.98 Å². The Bertz CT molecular complexity index is 1320. The first kappa shape index (κ1) is 21.0. The number of rotatable bonds is 7. The van der Waals surface area contributed by atoms with E-state index in [-0.39, 0.29) is 32.9 Å². The van der Waals surface area contributed by atoms with Crippen molar-refractivity contribution in [3.63, 3.8) is 0 Å². The van der Waals surface area contributed by atoms with Gasteiger partial charge in [-0.25, -0.2) is 13.4 Å². The lowest BCUT2D eigenvalue weighted by molar-refractivity contribution is 0.103. The lowest BCUT2D eigenvalue weighted by Crippen LogP contribution is -2.12. The molecule has 31 heavy (non-hydrogen) atoms. The Morgan fingerprint density at radius 3 is 2.65 bits per heavy atom. The van der Waals surface area contributed by atoms with E-state index in [1.54, 1.807) is 41.8 Å². The van der Waals surface area contributed by atoms with Crippen LogP contribution in [-0.2, 0) is 10.0 Å². The maximum atomic E-state index is 13.0. The first-order chi connectivity index (χ1) is 14.9. The molecule has 0 saturated heterocycles. The van der Waals surface area contributed by atoms with Crippen molar-refractivity contribution in [2.75, 3.05) is 4.72 Å². The number of aromatic nitrogens is 1. The van der Waals surface area contributed by atoms with Gasteiger partial charge >= 0.3 is 0 Å². The summed E-state index contributed by atoms with van der Waals surface area (Å²) in [5, 5.41) is 2.29. The van der Waals surface area contributed by atoms with E-state index < -0.39 is 10.0 Å². The fraction of sp³-hybridized carbons (Fsp3) is 0. The topological polar surface area (TPSA) is 85.4 Å². The fourth-order valence-corrected chi connectivity index (χ4v) is 4.71. The second-order valence-corrected chi connectivity index (χ2v) is 9.28. The van der Waals surface area contributed by atoms with Crippen LogP contribution >= 0.6 is 22.9 Å². The molecule has 0 amide bonds. The molecule has 9 heteroatoms. The zero-order chi connectivity index (χ0) is 21.8. The molecule has 6 nitrogen and oxygen atoms in total. The third-order valence-electron chi connectivity index (χ3n) is 4.15. The number of sulfonamides is 1. The zero-order valence-corrected chi connectivity index (χ0v) is 18.2. The molecule has 3 aromatic carbocycles. The van der Waals surface area contributed by atoms with Crippen LogP contribution in [0.1, 0.15) is 15.9 Å². The number of benzene rings is 3. The van der Waals surface area contributed by atoms with E-state index in [1.165, 1.54) is 41.8 Å². The van der Waals surface area contributed by atoms with Gasteiger partial charge in [-0.3, -0.25) is 9.52 Å². The molecule has 155 valence electrons. The van der Waals surface area contributed by atoms with Crippen molar-refractivity contribution < 1.29 is 17.9 Å². The van der Waals surface area contributed by atoms with E-state index in [4.69, 9.17) is 16.3 Å². The minimum atomic E-state index is -3.86. The first-order valence-corrected chi connectivity index (χ1v) is 11.7. The van der Waals surface area contributed by atoms with Crippen LogP contribution in [0.25, 0.3) is 0 Å². The van der Waals surface area contributed by atoms with Crippen LogP contribution in [0.5, 0.6) is 11.5 Å². The highest BCUT2D eigenvalue weighted by Gasteiger charge is 2.19. The molecule has 0 fully saturated rings. The Morgan fingerprint density at radius 2 is 1.90 bits per heavy atom. The SMILES string of the molecule is O=C(c1ccccc1)c1cc(Cl)ccc1Oc1[c]ccc(S(=O)(=O)Nc2nccs2)c1. The Morgan fingerprint density at radius 1 is 1.10 bits per heavy atom. The van der Waals surface area contributed by atoms with Crippen molar-refractivity contribution in [3.8, 4) is 11.5 Å². The summed E-state index contributed by atoms with van der Waals surface area (Å²) in [5.41, 5.74) is 0.726. The average Bonchev–Trinajstić information content (AvgIpc) is 3.28. The van der Waals surface area contributed by atoms with Crippen molar-refractivity contribution in [1.29, 1.82) is 0 Å². The molecule has 0 aliphatic carbocycles. The second kappa shape index (κ2) is 8.89. The lowest BCUT2D eigenvalue weighted by atomic mass is 10.0. The van der Waals surface area contributed by atoms with Gasteiger partial charge in [-0.15, -0.1) is 11.3 Å². The zero-order valence-electron chi connectivity index (χ0n) is 15.8. The summed E-state index contributed by atoms with van der Waals surface area (Å²) in [5.74, 6) is 0.0932. The largest absolute Gasteiger partial charge is 0.456 e. The second-order valence-electron chi connectivity index (χ2n) is 6.27. The van der Waals surface area contributed by atoms with Crippen LogP contribution in [0.2, 0.25) is 5.02 Å². The molecule has 1 radical (unpaired) electrons. The summed E-state index contributed by atoms with van der Waals surface area (Å²) < 4.78 is 33.5. The van der Waals surface area contributed by atoms with Gasteiger partial charge in [0, 0.05) is 34.3 Å². The van der Waals surface area contributed by atoms with Crippen molar-refractivity contribution in [2.45, 2.75) is 4.90 Å². The average molecular weight is 470 g/mol. The number of hydrogen-bond donors (Lipinski definition) is 1. The number of ether oxygens (including phenoxy) is 1. The summed E-state index contributed by atoms with van der Waals surface area (Å²) in [7, 11) is -3.86. The lowest BCUT2D eigenvalue weighted by Gasteiger charge is -2.12. The molecule has 1 heterocycles. The number of thiazole rings is 1. The summed E-state index contributed by atoms with van der Waals surface area (Å²) in [4.78, 5) is 16.9. The molecule has 0 atom stereocenters. The highest BCUT2D eigenvalue weighted by molar-refractivity contribution is 7.93. The van der Waals surface area contributed by atoms with E-state index in [0.717, 1.165) is 0 Å². The standard InChI is InChI=1S/C22H14ClN2O4S2/c23-16-9-10-20(19(13-16)21(26)15-5-2-1-3-6-15)29-17-7-4-8-18(14-17)31(27,28)25-22-24-11-12-30-22/h1-6,8-14H,(H,24,25). The minimum absolute atomic E-state index is 0.0265. The Balaban J connectivity index is 1.65.